The lowest BCUT2D eigenvalue weighted by molar-refractivity contribution is -0.142. The van der Waals surface area contributed by atoms with Crippen LogP contribution in [0.5, 0.6) is 5.75 Å². The summed E-state index contributed by atoms with van der Waals surface area (Å²) in [6.45, 7) is -0.239. The number of rotatable bonds is 7. The Morgan fingerprint density at radius 1 is 1.33 bits per heavy atom. The summed E-state index contributed by atoms with van der Waals surface area (Å²) in [6.07, 6.45) is -3.38. The molecule has 5 N–H and O–H groups in total. The monoisotopic (exact) mass is 465 g/mol. The number of nitrogens with zero attached hydrogens (tertiary/aromatic N) is 2. The number of alkyl halides is 3. The molecule has 0 spiro atoms. The van der Waals surface area contributed by atoms with Gasteiger partial charge in [-0.15, -0.1) is 0 Å². The molecule has 0 bridgehead atoms. The van der Waals surface area contributed by atoms with E-state index < -0.39 is 35.8 Å². The Kier molecular flexibility index (Phi) is 6.86. The largest absolute Gasteiger partial charge is 0.489 e. The van der Waals surface area contributed by atoms with Gasteiger partial charge in [0.25, 0.3) is 5.91 Å². The highest BCUT2D eigenvalue weighted by atomic mass is 19.4. The van der Waals surface area contributed by atoms with Crippen LogP contribution < -0.4 is 21.5 Å². The van der Waals surface area contributed by atoms with Crippen molar-refractivity contribution in [3.05, 3.63) is 53.3 Å². The molecule has 176 valence electrons. The summed E-state index contributed by atoms with van der Waals surface area (Å²) in [6, 6.07) is 6.88. The van der Waals surface area contributed by atoms with Gasteiger partial charge in [-0.1, -0.05) is 6.07 Å². The van der Waals surface area contributed by atoms with Crippen molar-refractivity contribution in [1.82, 2.24) is 10.3 Å². The van der Waals surface area contributed by atoms with Crippen LogP contribution in [0.3, 0.4) is 0 Å². The molecule has 0 aliphatic carbocycles. The first-order valence-corrected chi connectivity index (χ1v) is 9.78. The summed E-state index contributed by atoms with van der Waals surface area (Å²) < 4.78 is 50.2. The third kappa shape index (κ3) is 5.22. The molecule has 1 aromatic carbocycles. The summed E-state index contributed by atoms with van der Waals surface area (Å²) in [5.41, 5.74) is 9.11. The lowest BCUT2D eigenvalue weighted by atomic mass is 9.96. The molecule has 2 aromatic rings. The molecule has 1 atom stereocenters. The van der Waals surface area contributed by atoms with Crippen LogP contribution in [0.2, 0.25) is 0 Å². The number of benzene rings is 1. The summed E-state index contributed by atoms with van der Waals surface area (Å²) in [5, 5.41) is 2.57. The fourth-order valence-electron chi connectivity index (χ4n) is 3.34. The van der Waals surface area contributed by atoms with Crippen LogP contribution in [0.25, 0.3) is 0 Å². The molecule has 1 unspecified atom stereocenters. The molecule has 12 heteroatoms. The predicted octanol–water partition coefficient (Wildman–Crippen LogP) is 1.44. The van der Waals surface area contributed by atoms with Crippen molar-refractivity contribution in [2.45, 2.75) is 24.7 Å². The van der Waals surface area contributed by atoms with Crippen LogP contribution in [0.4, 0.5) is 18.9 Å². The van der Waals surface area contributed by atoms with Crippen LogP contribution in [-0.4, -0.2) is 48.3 Å². The number of nitrogen functional groups attached to an aromatic ring is 1. The first-order valence-electron chi connectivity index (χ1n) is 9.78. The van der Waals surface area contributed by atoms with Crippen molar-refractivity contribution in [3.8, 4) is 5.75 Å². The highest BCUT2D eigenvalue weighted by Crippen LogP contribution is 2.31. The predicted molar refractivity (Wildman–Crippen MR) is 112 cm³/mol. The van der Waals surface area contributed by atoms with E-state index in [9.17, 15) is 22.8 Å². The molecule has 1 aliphatic rings. The Labute approximate surface area is 187 Å². The van der Waals surface area contributed by atoms with E-state index in [0.717, 1.165) is 6.20 Å². The summed E-state index contributed by atoms with van der Waals surface area (Å²) >= 11 is 0. The number of pyridine rings is 1. The van der Waals surface area contributed by atoms with Gasteiger partial charge in [-0.2, -0.15) is 13.2 Å². The van der Waals surface area contributed by atoms with Gasteiger partial charge in [0.2, 0.25) is 5.91 Å². The molecule has 1 saturated heterocycles. The zero-order valence-corrected chi connectivity index (χ0v) is 17.6. The molecule has 33 heavy (non-hydrogen) atoms. The molecular weight excluding hydrogens is 443 g/mol. The smallest absolute Gasteiger partial charge is 0.433 e. The molecule has 0 radical (unpaired) electrons. The van der Waals surface area contributed by atoms with E-state index in [-0.39, 0.29) is 47.9 Å². The molecule has 1 fully saturated rings. The van der Waals surface area contributed by atoms with Gasteiger partial charge in [-0.25, -0.2) is 0 Å². The third-order valence-electron chi connectivity index (χ3n) is 5.12. The number of amides is 2. The highest BCUT2D eigenvalue weighted by Gasteiger charge is 2.43. The summed E-state index contributed by atoms with van der Waals surface area (Å²) in [7, 11) is 1.36. The minimum atomic E-state index is -4.63. The van der Waals surface area contributed by atoms with Crippen molar-refractivity contribution >= 4 is 23.2 Å². The van der Waals surface area contributed by atoms with E-state index >= 15 is 0 Å². The maximum atomic E-state index is 13.2. The third-order valence-corrected chi connectivity index (χ3v) is 5.12. The Hall–Kier alpha value is -3.67. The first kappa shape index (κ1) is 24.0. The summed E-state index contributed by atoms with van der Waals surface area (Å²) in [5.74, 6) is -1.30. The Morgan fingerprint density at radius 2 is 2.09 bits per heavy atom. The molecule has 2 amide bonds. The van der Waals surface area contributed by atoms with E-state index in [1.807, 2.05) is 0 Å². The number of aliphatic imine (C=N–C) groups is 1. The van der Waals surface area contributed by atoms with E-state index in [4.69, 9.17) is 20.9 Å². The number of carbonyl (C=O) groups excluding carboxylic acids is 2. The first-order chi connectivity index (χ1) is 15.6. The van der Waals surface area contributed by atoms with Gasteiger partial charge in [0.05, 0.1) is 6.61 Å². The maximum Gasteiger partial charge on any atom is 0.433 e. The van der Waals surface area contributed by atoms with Crippen molar-refractivity contribution in [2.75, 3.05) is 26.0 Å². The Bertz CT molecular complexity index is 1080. The zero-order chi connectivity index (χ0) is 24.2. The second kappa shape index (κ2) is 9.45. The molecule has 3 rings (SSSR count). The fraction of sp³-hybridized carbons (Fsp3) is 0.333. The second-order valence-electron chi connectivity index (χ2n) is 7.32. The van der Waals surface area contributed by atoms with Gasteiger partial charge in [0.1, 0.15) is 23.6 Å². The number of hydrogen-bond acceptors (Lipinski definition) is 7. The average molecular weight is 465 g/mol. The quantitative estimate of drug-likeness (QED) is 0.417. The van der Waals surface area contributed by atoms with Gasteiger partial charge in [-0.3, -0.25) is 19.6 Å². The van der Waals surface area contributed by atoms with Crippen LogP contribution in [-0.2, 0) is 27.1 Å². The number of ether oxygens (including phenoxy) is 2. The van der Waals surface area contributed by atoms with Crippen molar-refractivity contribution in [2.24, 2.45) is 10.7 Å². The highest BCUT2D eigenvalue weighted by molar-refractivity contribution is 6.46. The number of nitrogens with two attached hydrogens (primary N) is 2. The fourth-order valence-corrected chi connectivity index (χ4v) is 3.34. The number of carbonyl (C=O) groups is 2. The van der Waals surface area contributed by atoms with E-state index in [0.29, 0.717) is 0 Å². The molecule has 9 nitrogen and oxygen atoms in total. The minimum Gasteiger partial charge on any atom is -0.489 e. The molecule has 1 aromatic heterocycles. The molecule has 2 heterocycles. The van der Waals surface area contributed by atoms with Crippen molar-refractivity contribution < 1.29 is 32.2 Å². The Balaban J connectivity index is 1.82. The lowest BCUT2D eigenvalue weighted by Gasteiger charge is -2.25. The van der Waals surface area contributed by atoms with Gasteiger partial charge in [0, 0.05) is 43.1 Å². The van der Waals surface area contributed by atoms with E-state index in [2.05, 4.69) is 15.3 Å². The normalized spacial score (nSPS) is 18.7. The number of hydrogen-bond donors (Lipinski definition) is 3. The van der Waals surface area contributed by atoms with E-state index in [1.54, 1.807) is 0 Å². The number of nitrogens with one attached hydrogen (secondary N) is 1. The number of aromatic nitrogens is 1. The number of primary amides is 1. The number of anilines is 1. The van der Waals surface area contributed by atoms with Gasteiger partial charge < -0.3 is 26.3 Å². The van der Waals surface area contributed by atoms with Crippen LogP contribution in [0.1, 0.15) is 23.2 Å². The topological polar surface area (TPSA) is 142 Å². The molecular formula is C21H22F3N5O4. The molecule has 0 saturated carbocycles. The van der Waals surface area contributed by atoms with Gasteiger partial charge >= 0.3 is 6.18 Å². The van der Waals surface area contributed by atoms with Gasteiger partial charge in [0.15, 0.2) is 5.69 Å². The summed E-state index contributed by atoms with van der Waals surface area (Å²) in [4.78, 5) is 32.2. The van der Waals surface area contributed by atoms with Crippen LogP contribution in [0.15, 0.2) is 41.5 Å². The van der Waals surface area contributed by atoms with E-state index in [1.165, 1.54) is 37.4 Å². The standard InChI is InChI=1S/C21H22F3N5O4/c1-27-16(18(30)29-20(19(26)31)6-8-32-11-20)14-9-13(4-5-15(14)25)33-10-12-3-2-7-28-17(12)21(22,23)24/h2-5,7,9H,6,8,10-11,25H2,1H3,(H2,26,31)(H,29,30). The van der Waals surface area contributed by atoms with Gasteiger partial charge in [-0.05, 0) is 24.3 Å². The van der Waals surface area contributed by atoms with Crippen molar-refractivity contribution in [3.63, 3.8) is 0 Å². The second-order valence-corrected chi connectivity index (χ2v) is 7.32. The van der Waals surface area contributed by atoms with Crippen molar-refractivity contribution in [1.29, 1.82) is 0 Å². The average Bonchev–Trinajstić information content (AvgIpc) is 3.24. The SMILES string of the molecule is CN=C(C(=O)NC1(C(N)=O)CCOC1)c1cc(OCc2cccnc2C(F)(F)F)ccc1N. The number of halogens is 3. The van der Waals surface area contributed by atoms with Crippen LogP contribution in [0, 0.1) is 0 Å². The Morgan fingerprint density at radius 3 is 2.70 bits per heavy atom. The maximum absolute atomic E-state index is 13.2. The van der Waals surface area contributed by atoms with Crippen LogP contribution >= 0.6 is 0 Å². The minimum absolute atomic E-state index is 0.0731. The zero-order valence-electron chi connectivity index (χ0n) is 17.6. The molecule has 1 aliphatic heterocycles. The lowest BCUT2D eigenvalue weighted by Crippen LogP contribution is -2.59.